The molecule has 8 nitrogen and oxygen atoms in total. The summed E-state index contributed by atoms with van der Waals surface area (Å²) in [7, 11) is 1.68. The molecule has 2 atom stereocenters. The Balaban J connectivity index is 1.59. The van der Waals surface area contributed by atoms with Gasteiger partial charge >= 0.3 is 0 Å². The van der Waals surface area contributed by atoms with Gasteiger partial charge in [-0.2, -0.15) is 0 Å². The quantitative estimate of drug-likeness (QED) is 0.630. The van der Waals surface area contributed by atoms with Gasteiger partial charge in [0.05, 0.1) is 24.1 Å². The lowest BCUT2D eigenvalue weighted by Crippen LogP contribution is -2.63. The van der Waals surface area contributed by atoms with Crippen molar-refractivity contribution in [3.05, 3.63) is 53.9 Å². The summed E-state index contributed by atoms with van der Waals surface area (Å²) in [5, 5.41) is 0. The number of nitrogens with zero attached hydrogens (tertiary/aromatic N) is 4. The molecule has 146 valence electrons. The largest absolute Gasteiger partial charge is 0.454 e. The highest BCUT2D eigenvalue weighted by Crippen LogP contribution is 2.42. The highest BCUT2D eigenvalue weighted by Gasteiger charge is 2.47. The Bertz CT molecular complexity index is 1190. The van der Waals surface area contributed by atoms with Crippen molar-refractivity contribution in [3.63, 3.8) is 0 Å². The number of aromatic nitrogens is 2. The molecule has 0 radical (unpaired) electrons. The Morgan fingerprint density at radius 1 is 1.07 bits per heavy atom. The van der Waals surface area contributed by atoms with E-state index in [1.54, 1.807) is 11.9 Å². The van der Waals surface area contributed by atoms with Gasteiger partial charge in [-0.3, -0.25) is 9.59 Å². The average Bonchev–Trinajstić information content (AvgIpc) is 3.34. The molecule has 3 aliphatic heterocycles. The van der Waals surface area contributed by atoms with E-state index in [1.807, 2.05) is 42.5 Å². The smallest absolute Gasteiger partial charge is 0.247 e. The van der Waals surface area contributed by atoms with Crippen LogP contribution in [0, 0.1) is 0 Å². The first-order chi connectivity index (χ1) is 14.1. The molecule has 3 aromatic rings. The molecule has 0 aliphatic carbocycles. The molecule has 1 fully saturated rings. The third-order valence-corrected chi connectivity index (χ3v) is 5.93. The van der Waals surface area contributed by atoms with E-state index in [0.29, 0.717) is 18.0 Å². The molecule has 8 heteroatoms. The fraction of sp³-hybridized carbons (Fsp3) is 0.286. The molecule has 0 bridgehead atoms. The van der Waals surface area contributed by atoms with E-state index in [9.17, 15) is 9.59 Å². The van der Waals surface area contributed by atoms with Crippen molar-refractivity contribution in [2.24, 2.45) is 0 Å². The average molecular weight is 390 g/mol. The maximum absolute atomic E-state index is 13.1. The Morgan fingerprint density at radius 3 is 2.79 bits per heavy atom. The molecule has 3 aliphatic rings. The molecule has 2 aromatic carbocycles. The lowest BCUT2D eigenvalue weighted by molar-refractivity contribution is -0.158. The predicted octanol–water partition coefficient (Wildman–Crippen LogP) is 1.54. The van der Waals surface area contributed by atoms with Gasteiger partial charge in [0.25, 0.3) is 0 Å². The van der Waals surface area contributed by atoms with E-state index in [2.05, 4.69) is 4.57 Å². The number of piperazine rings is 1. The van der Waals surface area contributed by atoms with Gasteiger partial charge in [-0.25, -0.2) is 4.98 Å². The van der Waals surface area contributed by atoms with Gasteiger partial charge in [-0.05, 0) is 29.8 Å². The minimum atomic E-state index is -0.568. The van der Waals surface area contributed by atoms with Crippen LogP contribution in [0.2, 0.25) is 0 Å². The SMILES string of the molecule is CN1CC(=O)N2[C@H](c3ccc4c(c3)OCO4)c3nc4ccccc4n3C[C@@H]2C1=O. The number of carbonyl (C=O) groups is 2. The summed E-state index contributed by atoms with van der Waals surface area (Å²) in [4.78, 5) is 34.1. The molecule has 2 amide bonds. The molecular weight excluding hydrogens is 372 g/mol. The zero-order chi connectivity index (χ0) is 19.7. The van der Waals surface area contributed by atoms with E-state index >= 15 is 0 Å². The number of para-hydroxylation sites is 2. The molecule has 0 unspecified atom stereocenters. The van der Waals surface area contributed by atoms with Crippen molar-refractivity contribution < 1.29 is 19.1 Å². The van der Waals surface area contributed by atoms with Crippen molar-refractivity contribution in [1.82, 2.24) is 19.4 Å². The van der Waals surface area contributed by atoms with Gasteiger partial charge in [0.2, 0.25) is 18.6 Å². The molecule has 1 saturated heterocycles. The molecule has 0 N–H and O–H groups in total. The fourth-order valence-corrected chi connectivity index (χ4v) is 4.58. The van der Waals surface area contributed by atoms with Crippen molar-refractivity contribution in [2.45, 2.75) is 18.6 Å². The summed E-state index contributed by atoms with van der Waals surface area (Å²) >= 11 is 0. The minimum Gasteiger partial charge on any atom is -0.454 e. The van der Waals surface area contributed by atoms with E-state index in [4.69, 9.17) is 14.5 Å². The molecular formula is C21H18N4O4. The van der Waals surface area contributed by atoms with Crippen LogP contribution < -0.4 is 9.47 Å². The summed E-state index contributed by atoms with van der Waals surface area (Å²) in [6.45, 7) is 0.638. The maximum Gasteiger partial charge on any atom is 0.247 e. The zero-order valence-electron chi connectivity index (χ0n) is 15.7. The summed E-state index contributed by atoms with van der Waals surface area (Å²) in [6, 6.07) is 12.4. The first-order valence-corrected chi connectivity index (χ1v) is 9.52. The van der Waals surface area contributed by atoms with Gasteiger partial charge in [0, 0.05) is 7.05 Å². The van der Waals surface area contributed by atoms with Gasteiger partial charge in [0.1, 0.15) is 17.9 Å². The number of ether oxygens (including phenoxy) is 2. The van der Waals surface area contributed by atoms with Gasteiger partial charge in [0.15, 0.2) is 11.5 Å². The lowest BCUT2D eigenvalue weighted by atomic mass is 9.96. The van der Waals surface area contributed by atoms with Crippen molar-refractivity contribution >= 4 is 22.8 Å². The van der Waals surface area contributed by atoms with Crippen LogP contribution in [0.5, 0.6) is 11.5 Å². The zero-order valence-corrected chi connectivity index (χ0v) is 15.7. The fourth-order valence-electron chi connectivity index (χ4n) is 4.58. The number of hydrogen-bond acceptors (Lipinski definition) is 5. The molecule has 29 heavy (non-hydrogen) atoms. The second-order valence-electron chi connectivity index (χ2n) is 7.60. The van der Waals surface area contributed by atoms with E-state index in [-0.39, 0.29) is 25.2 Å². The second kappa shape index (κ2) is 5.73. The molecule has 0 spiro atoms. The first kappa shape index (κ1) is 16.4. The van der Waals surface area contributed by atoms with Crippen LogP contribution in [0.4, 0.5) is 0 Å². The van der Waals surface area contributed by atoms with E-state index in [1.165, 1.54) is 4.90 Å². The predicted molar refractivity (Wildman–Crippen MR) is 102 cm³/mol. The van der Waals surface area contributed by atoms with E-state index in [0.717, 1.165) is 22.4 Å². The number of amides is 2. The van der Waals surface area contributed by atoms with Gasteiger partial charge in [-0.1, -0.05) is 18.2 Å². The van der Waals surface area contributed by atoms with Gasteiger partial charge < -0.3 is 23.8 Å². The highest BCUT2D eigenvalue weighted by atomic mass is 16.7. The van der Waals surface area contributed by atoms with E-state index < -0.39 is 12.1 Å². The summed E-state index contributed by atoms with van der Waals surface area (Å²) in [5.41, 5.74) is 2.66. The number of hydrogen-bond donors (Lipinski definition) is 0. The molecule has 1 aromatic heterocycles. The normalized spacial score (nSPS) is 22.8. The summed E-state index contributed by atoms with van der Waals surface area (Å²) in [5.74, 6) is 1.93. The monoisotopic (exact) mass is 390 g/mol. The number of benzene rings is 2. The number of imidazole rings is 1. The third-order valence-electron chi connectivity index (χ3n) is 5.93. The van der Waals surface area contributed by atoms with Crippen LogP contribution >= 0.6 is 0 Å². The summed E-state index contributed by atoms with van der Waals surface area (Å²) < 4.78 is 13.0. The van der Waals surface area contributed by atoms with Crippen molar-refractivity contribution in [3.8, 4) is 11.5 Å². The molecule has 6 rings (SSSR count). The van der Waals surface area contributed by atoms with Crippen LogP contribution in [0.1, 0.15) is 17.4 Å². The number of carbonyl (C=O) groups excluding carboxylic acids is 2. The summed E-state index contributed by atoms with van der Waals surface area (Å²) in [6.07, 6.45) is 0. The standard InChI is InChI=1S/C21H18N4O4/c1-23-10-18(26)25-15(21(23)27)9-24-14-5-3-2-4-13(14)22-20(24)19(25)12-6-7-16-17(8-12)29-11-28-16/h2-8,15,19H,9-11H2,1H3/t15-,19-/m1/s1. The van der Waals surface area contributed by atoms with Crippen LogP contribution in [-0.2, 0) is 16.1 Å². The Morgan fingerprint density at radius 2 is 1.90 bits per heavy atom. The van der Waals surface area contributed by atoms with Crippen LogP contribution in [0.3, 0.4) is 0 Å². The van der Waals surface area contributed by atoms with Gasteiger partial charge in [-0.15, -0.1) is 0 Å². The first-order valence-electron chi connectivity index (χ1n) is 9.52. The highest BCUT2D eigenvalue weighted by molar-refractivity contribution is 5.95. The Labute approximate surface area is 166 Å². The van der Waals surface area contributed by atoms with Crippen LogP contribution in [-0.4, -0.2) is 57.6 Å². The minimum absolute atomic E-state index is 0.0567. The Hall–Kier alpha value is -3.55. The number of fused-ring (bicyclic) bond motifs is 5. The van der Waals surface area contributed by atoms with Crippen LogP contribution in [0.15, 0.2) is 42.5 Å². The molecule has 0 saturated carbocycles. The van der Waals surface area contributed by atoms with Crippen molar-refractivity contribution in [2.75, 3.05) is 20.4 Å². The Kier molecular flexibility index (Phi) is 3.24. The maximum atomic E-state index is 13.1. The topological polar surface area (TPSA) is 76.9 Å². The second-order valence-corrected chi connectivity index (χ2v) is 7.60. The lowest BCUT2D eigenvalue weighted by Gasteiger charge is -2.46. The third kappa shape index (κ3) is 2.22. The molecule has 4 heterocycles. The number of likely N-dealkylation sites (N-methyl/N-ethyl adjacent to an activating group) is 1. The van der Waals surface area contributed by atoms with Crippen LogP contribution in [0.25, 0.3) is 11.0 Å². The number of rotatable bonds is 1. The van der Waals surface area contributed by atoms with Crippen molar-refractivity contribution in [1.29, 1.82) is 0 Å².